The van der Waals surface area contributed by atoms with Crippen molar-refractivity contribution in [2.45, 2.75) is 33.6 Å². The molecule has 21 heavy (non-hydrogen) atoms. The molecule has 0 bridgehead atoms. The number of likely N-dealkylation sites (tertiary alicyclic amines) is 1. The fraction of sp³-hybridized carbons (Fsp3) is 0.786. The third-order valence-corrected chi connectivity index (χ3v) is 3.84. The summed E-state index contributed by atoms with van der Waals surface area (Å²) >= 11 is 0. The quantitative estimate of drug-likeness (QED) is 0.710. The topological polar surface area (TPSA) is 98.7 Å². The molecule has 1 fully saturated rings. The lowest BCUT2D eigenvalue weighted by molar-refractivity contribution is -0.137. The Labute approximate surface area is 125 Å². The highest BCUT2D eigenvalue weighted by molar-refractivity contribution is 5.86. The van der Waals surface area contributed by atoms with Gasteiger partial charge in [0, 0.05) is 13.1 Å². The second kappa shape index (κ2) is 7.28. The van der Waals surface area contributed by atoms with Crippen LogP contribution in [-0.4, -0.2) is 54.1 Å². The number of aliphatic carboxylic acids is 1. The predicted molar refractivity (Wildman–Crippen MR) is 77.8 cm³/mol. The van der Waals surface area contributed by atoms with E-state index in [0.717, 1.165) is 12.8 Å². The monoisotopic (exact) mass is 299 g/mol. The van der Waals surface area contributed by atoms with Crippen LogP contribution in [0.2, 0.25) is 0 Å². The summed E-state index contributed by atoms with van der Waals surface area (Å²) in [5, 5.41) is 13.1. The molecule has 0 spiro atoms. The van der Waals surface area contributed by atoms with Gasteiger partial charge in [-0.15, -0.1) is 0 Å². The van der Waals surface area contributed by atoms with Gasteiger partial charge in [0.2, 0.25) is 5.91 Å². The second-order valence-electron chi connectivity index (χ2n) is 6.46. The highest BCUT2D eigenvalue weighted by atomic mass is 16.4. The maximum absolute atomic E-state index is 11.9. The van der Waals surface area contributed by atoms with Crippen LogP contribution in [0.25, 0.3) is 0 Å². The molecule has 7 nitrogen and oxygen atoms in total. The van der Waals surface area contributed by atoms with Crippen LogP contribution in [0, 0.1) is 11.3 Å². The molecule has 7 heteroatoms. The summed E-state index contributed by atoms with van der Waals surface area (Å²) < 4.78 is 0. The van der Waals surface area contributed by atoms with Crippen molar-refractivity contribution in [1.82, 2.24) is 15.5 Å². The van der Waals surface area contributed by atoms with E-state index in [4.69, 9.17) is 5.11 Å². The molecule has 1 saturated heterocycles. The van der Waals surface area contributed by atoms with E-state index in [1.165, 1.54) is 0 Å². The number of urea groups is 1. The van der Waals surface area contributed by atoms with Gasteiger partial charge in [-0.2, -0.15) is 0 Å². The highest BCUT2D eigenvalue weighted by Gasteiger charge is 2.30. The zero-order valence-electron chi connectivity index (χ0n) is 12.9. The molecular weight excluding hydrogens is 274 g/mol. The van der Waals surface area contributed by atoms with Gasteiger partial charge in [0.1, 0.15) is 6.54 Å². The SMILES string of the molecule is CC(C)(C)C1CCN(C(=O)NCC(=O)NCC(=O)O)CC1. The summed E-state index contributed by atoms with van der Waals surface area (Å²) in [6, 6.07) is -0.271. The zero-order chi connectivity index (χ0) is 16.0. The number of rotatable bonds is 4. The van der Waals surface area contributed by atoms with Crippen LogP contribution < -0.4 is 10.6 Å². The number of carboxylic acids is 1. The van der Waals surface area contributed by atoms with Crippen LogP contribution in [0.1, 0.15) is 33.6 Å². The maximum atomic E-state index is 11.9. The Balaban J connectivity index is 2.28. The van der Waals surface area contributed by atoms with Gasteiger partial charge in [-0.1, -0.05) is 20.8 Å². The number of amides is 3. The zero-order valence-corrected chi connectivity index (χ0v) is 12.9. The van der Waals surface area contributed by atoms with Gasteiger partial charge in [-0.25, -0.2) is 4.79 Å². The number of carbonyl (C=O) groups excluding carboxylic acids is 2. The van der Waals surface area contributed by atoms with Crippen LogP contribution in [0.3, 0.4) is 0 Å². The Bertz CT molecular complexity index is 396. The Morgan fingerprint density at radius 2 is 1.67 bits per heavy atom. The number of piperidine rings is 1. The van der Waals surface area contributed by atoms with Gasteiger partial charge in [0.15, 0.2) is 0 Å². The lowest BCUT2D eigenvalue weighted by Gasteiger charge is -2.38. The summed E-state index contributed by atoms with van der Waals surface area (Å²) in [5.41, 5.74) is 0.249. The van der Waals surface area contributed by atoms with Crippen LogP contribution in [0.4, 0.5) is 4.79 Å². The third-order valence-electron chi connectivity index (χ3n) is 3.84. The lowest BCUT2D eigenvalue weighted by atomic mass is 9.75. The summed E-state index contributed by atoms with van der Waals surface area (Å²) in [5.74, 6) is -1.02. The smallest absolute Gasteiger partial charge is 0.322 e. The minimum Gasteiger partial charge on any atom is -0.480 e. The van der Waals surface area contributed by atoms with E-state index in [1.807, 2.05) is 0 Å². The van der Waals surface area contributed by atoms with Crippen molar-refractivity contribution in [2.75, 3.05) is 26.2 Å². The number of hydrogen-bond donors (Lipinski definition) is 3. The van der Waals surface area contributed by atoms with Crippen molar-refractivity contribution in [3.8, 4) is 0 Å². The van der Waals surface area contributed by atoms with E-state index in [2.05, 4.69) is 31.4 Å². The van der Waals surface area contributed by atoms with Crippen LogP contribution in [0.15, 0.2) is 0 Å². The first-order chi connectivity index (χ1) is 9.70. The lowest BCUT2D eigenvalue weighted by Crippen LogP contribution is -2.48. The summed E-state index contributed by atoms with van der Waals surface area (Å²) in [6.45, 7) is 7.35. The van der Waals surface area contributed by atoms with E-state index in [9.17, 15) is 14.4 Å². The molecule has 1 rings (SSSR count). The first-order valence-electron chi connectivity index (χ1n) is 7.21. The van der Waals surface area contributed by atoms with Gasteiger partial charge in [0.25, 0.3) is 0 Å². The van der Waals surface area contributed by atoms with Crippen molar-refractivity contribution in [2.24, 2.45) is 11.3 Å². The molecule has 1 heterocycles. The Morgan fingerprint density at radius 3 is 2.14 bits per heavy atom. The number of hydrogen-bond acceptors (Lipinski definition) is 3. The molecule has 1 aliphatic rings. The fourth-order valence-electron chi connectivity index (χ4n) is 2.45. The maximum Gasteiger partial charge on any atom is 0.322 e. The molecule has 1 aliphatic heterocycles. The van der Waals surface area contributed by atoms with E-state index in [0.29, 0.717) is 19.0 Å². The van der Waals surface area contributed by atoms with E-state index in [1.54, 1.807) is 4.90 Å². The molecule has 120 valence electrons. The van der Waals surface area contributed by atoms with Crippen LogP contribution >= 0.6 is 0 Å². The highest BCUT2D eigenvalue weighted by Crippen LogP contribution is 2.34. The van der Waals surface area contributed by atoms with E-state index in [-0.39, 0.29) is 18.0 Å². The summed E-state index contributed by atoms with van der Waals surface area (Å²) in [6.07, 6.45) is 1.92. The Kier molecular flexibility index (Phi) is 5.99. The average Bonchev–Trinajstić information content (AvgIpc) is 2.41. The molecule has 0 atom stereocenters. The largest absolute Gasteiger partial charge is 0.480 e. The van der Waals surface area contributed by atoms with E-state index < -0.39 is 18.4 Å². The molecule has 0 radical (unpaired) electrons. The normalized spacial score (nSPS) is 16.4. The summed E-state index contributed by atoms with van der Waals surface area (Å²) in [4.78, 5) is 35.2. The molecule has 0 aromatic heterocycles. The minimum atomic E-state index is -1.11. The molecule has 0 unspecified atom stereocenters. The Hall–Kier alpha value is -1.79. The number of carbonyl (C=O) groups is 3. The fourth-order valence-corrected chi connectivity index (χ4v) is 2.45. The average molecular weight is 299 g/mol. The van der Waals surface area contributed by atoms with Crippen molar-refractivity contribution >= 4 is 17.9 Å². The minimum absolute atomic E-state index is 0.203. The molecule has 0 saturated carbocycles. The molecule has 3 N–H and O–H groups in total. The Morgan fingerprint density at radius 1 is 1.10 bits per heavy atom. The second-order valence-corrected chi connectivity index (χ2v) is 6.46. The van der Waals surface area contributed by atoms with Gasteiger partial charge in [-0.3, -0.25) is 9.59 Å². The van der Waals surface area contributed by atoms with Gasteiger partial charge < -0.3 is 20.6 Å². The van der Waals surface area contributed by atoms with Crippen LogP contribution in [0.5, 0.6) is 0 Å². The van der Waals surface area contributed by atoms with Crippen molar-refractivity contribution in [1.29, 1.82) is 0 Å². The number of nitrogens with one attached hydrogen (secondary N) is 2. The van der Waals surface area contributed by atoms with Gasteiger partial charge >= 0.3 is 12.0 Å². The third kappa shape index (κ3) is 6.01. The molecule has 0 aromatic rings. The first-order valence-corrected chi connectivity index (χ1v) is 7.21. The molecule has 0 aromatic carbocycles. The molecular formula is C14H25N3O4. The number of nitrogens with zero attached hydrogens (tertiary/aromatic N) is 1. The first kappa shape index (κ1) is 17.3. The van der Waals surface area contributed by atoms with Crippen molar-refractivity contribution < 1.29 is 19.5 Å². The van der Waals surface area contributed by atoms with Crippen LogP contribution in [-0.2, 0) is 9.59 Å². The number of carboxylic acid groups (broad SMARTS) is 1. The van der Waals surface area contributed by atoms with E-state index >= 15 is 0 Å². The molecule has 0 aliphatic carbocycles. The molecule has 3 amide bonds. The summed E-state index contributed by atoms with van der Waals surface area (Å²) in [7, 11) is 0. The van der Waals surface area contributed by atoms with Gasteiger partial charge in [0.05, 0.1) is 6.54 Å². The van der Waals surface area contributed by atoms with Crippen molar-refractivity contribution in [3.05, 3.63) is 0 Å². The predicted octanol–water partition coefficient (Wildman–Crippen LogP) is 0.655. The van der Waals surface area contributed by atoms with Crippen molar-refractivity contribution in [3.63, 3.8) is 0 Å². The van der Waals surface area contributed by atoms with Gasteiger partial charge in [-0.05, 0) is 24.2 Å². The standard InChI is InChI=1S/C14H25N3O4/c1-14(2,3)10-4-6-17(7-5-10)13(21)16-8-11(18)15-9-12(19)20/h10H,4-9H2,1-3H3,(H,15,18)(H,16,21)(H,19,20).